The predicted octanol–water partition coefficient (Wildman–Crippen LogP) is 2.59. The molecule has 1 amide bonds. The molecule has 3 heterocycles. The fourth-order valence-electron chi connectivity index (χ4n) is 2.23. The molecule has 0 radical (unpaired) electrons. The van der Waals surface area contributed by atoms with Gasteiger partial charge in [0, 0.05) is 46.9 Å². The average molecular weight is 352 g/mol. The molecule has 0 aromatic carbocycles. The van der Waals surface area contributed by atoms with Gasteiger partial charge in [0.05, 0.1) is 6.42 Å². The zero-order valence-electron chi connectivity index (χ0n) is 14.9. The molecule has 134 valence electrons. The van der Waals surface area contributed by atoms with Gasteiger partial charge in [-0.05, 0) is 6.07 Å². The van der Waals surface area contributed by atoms with Gasteiger partial charge < -0.3 is 15.6 Å². The molecule has 0 saturated carbocycles. The molecule has 0 aliphatic heterocycles. The minimum atomic E-state index is -0.213. The Morgan fingerprint density at radius 1 is 1.12 bits per heavy atom. The molecule has 8 heteroatoms. The van der Waals surface area contributed by atoms with Gasteiger partial charge in [-0.15, -0.1) is 0 Å². The molecule has 0 unspecified atom stereocenters. The summed E-state index contributed by atoms with van der Waals surface area (Å²) < 4.78 is 5.25. The van der Waals surface area contributed by atoms with E-state index in [1.54, 1.807) is 30.7 Å². The summed E-state index contributed by atoms with van der Waals surface area (Å²) in [5, 5.41) is 6.59. The van der Waals surface area contributed by atoms with Crippen molar-refractivity contribution in [2.24, 2.45) is 0 Å². The number of nitrogens with two attached hydrogens (primary N) is 1. The Labute approximate surface area is 150 Å². The molecule has 0 aliphatic carbocycles. The topological polar surface area (TPSA) is 120 Å². The summed E-state index contributed by atoms with van der Waals surface area (Å²) in [6.45, 7) is 6.03. The summed E-state index contributed by atoms with van der Waals surface area (Å²) in [5.74, 6) is 1.11. The van der Waals surface area contributed by atoms with Gasteiger partial charge in [-0.2, -0.15) is 0 Å². The number of carbonyl (C=O) groups excluding carboxylic acids is 1. The van der Waals surface area contributed by atoms with Crippen LogP contribution in [-0.4, -0.2) is 26.0 Å². The molecule has 0 fully saturated rings. The lowest BCUT2D eigenvalue weighted by atomic mass is 9.93. The summed E-state index contributed by atoms with van der Waals surface area (Å²) in [5.41, 5.74) is 7.60. The van der Waals surface area contributed by atoms with Crippen LogP contribution in [0.5, 0.6) is 0 Å². The molecule has 0 atom stereocenters. The van der Waals surface area contributed by atoms with E-state index in [9.17, 15) is 4.79 Å². The molecule has 3 aromatic rings. The van der Waals surface area contributed by atoms with Crippen molar-refractivity contribution in [2.45, 2.75) is 32.6 Å². The number of aromatic nitrogens is 4. The average Bonchev–Trinajstić information content (AvgIpc) is 3.05. The first-order chi connectivity index (χ1) is 12.3. The van der Waals surface area contributed by atoms with E-state index in [-0.39, 0.29) is 23.7 Å². The molecule has 0 bridgehead atoms. The number of hydrogen-bond acceptors (Lipinski definition) is 7. The van der Waals surface area contributed by atoms with Crippen LogP contribution in [0.3, 0.4) is 0 Å². The summed E-state index contributed by atoms with van der Waals surface area (Å²) in [7, 11) is 0. The van der Waals surface area contributed by atoms with Gasteiger partial charge in [0.25, 0.3) is 0 Å². The maximum atomic E-state index is 12.2. The molecule has 0 aliphatic rings. The Morgan fingerprint density at radius 2 is 1.81 bits per heavy atom. The zero-order chi connectivity index (χ0) is 18.7. The van der Waals surface area contributed by atoms with Crippen LogP contribution in [0, 0.1) is 0 Å². The van der Waals surface area contributed by atoms with Crippen molar-refractivity contribution in [3.8, 4) is 11.1 Å². The minimum Gasteiger partial charge on any atom is -0.368 e. The highest BCUT2D eigenvalue weighted by atomic mass is 16.5. The number of carbonyl (C=O) groups is 1. The van der Waals surface area contributed by atoms with Crippen molar-refractivity contribution in [2.75, 3.05) is 11.1 Å². The maximum absolute atomic E-state index is 12.2. The lowest BCUT2D eigenvalue weighted by molar-refractivity contribution is -0.115. The highest BCUT2D eigenvalue weighted by Gasteiger charge is 2.20. The van der Waals surface area contributed by atoms with Gasteiger partial charge in [0.15, 0.2) is 5.82 Å². The van der Waals surface area contributed by atoms with E-state index in [0.29, 0.717) is 17.3 Å². The molecule has 3 rings (SSSR count). The van der Waals surface area contributed by atoms with Crippen molar-refractivity contribution in [3.63, 3.8) is 0 Å². The number of nitrogen functional groups attached to an aromatic ring is 1. The van der Waals surface area contributed by atoms with E-state index in [1.807, 2.05) is 26.8 Å². The zero-order valence-corrected chi connectivity index (χ0v) is 14.9. The van der Waals surface area contributed by atoms with Gasteiger partial charge in [-0.3, -0.25) is 9.78 Å². The van der Waals surface area contributed by atoms with Crippen molar-refractivity contribution >= 4 is 17.7 Å². The summed E-state index contributed by atoms with van der Waals surface area (Å²) >= 11 is 0. The lowest BCUT2D eigenvalue weighted by Crippen LogP contribution is -2.15. The second-order valence-electron chi connectivity index (χ2n) is 6.92. The van der Waals surface area contributed by atoms with Gasteiger partial charge in [-0.1, -0.05) is 32.0 Å². The fraction of sp³-hybridized carbons (Fsp3) is 0.278. The predicted molar refractivity (Wildman–Crippen MR) is 97.2 cm³/mol. The molecule has 8 nitrogen and oxygen atoms in total. The number of nitrogens with one attached hydrogen (secondary N) is 1. The van der Waals surface area contributed by atoms with Gasteiger partial charge >= 0.3 is 0 Å². The number of anilines is 2. The Balaban J connectivity index is 1.62. The van der Waals surface area contributed by atoms with E-state index in [0.717, 1.165) is 11.1 Å². The highest BCUT2D eigenvalue weighted by molar-refractivity contribution is 5.91. The van der Waals surface area contributed by atoms with Gasteiger partial charge in [0.1, 0.15) is 5.76 Å². The van der Waals surface area contributed by atoms with Crippen LogP contribution in [0.25, 0.3) is 11.1 Å². The highest BCUT2D eigenvalue weighted by Crippen LogP contribution is 2.24. The van der Waals surface area contributed by atoms with Crippen molar-refractivity contribution < 1.29 is 9.32 Å². The lowest BCUT2D eigenvalue weighted by Gasteiger charge is -2.12. The van der Waals surface area contributed by atoms with E-state index in [4.69, 9.17) is 10.3 Å². The third kappa shape index (κ3) is 4.21. The van der Waals surface area contributed by atoms with E-state index in [1.165, 1.54) is 0 Å². The molecular formula is C18H20N6O2. The Hall–Kier alpha value is -3.29. The number of rotatable bonds is 4. The van der Waals surface area contributed by atoms with Crippen molar-refractivity contribution in [1.29, 1.82) is 0 Å². The summed E-state index contributed by atoms with van der Waals surface area (Å²) in [6, 6.07) is 5.38. The normalized spacial score (nSPS) is 11.3. The molecule has 26 heavy (non-hydrogen) atoms. The Kier molecular flexibility index (Phi) is 4.66. The van der Waals surface area contributed by atoms with Gasteiger partial charge in [0.2, 0.25) is 11.9 Å². The number of nitrogens with zero attached hydrogens (tertiary/aromatic N) is 4. The second-order valence-corrected chi connectivity index (χ2v) is 6.92. The van der Waals surface area contributed by atoms with Crippen LogP contribution in [0.1, 0.15) is 32.2 Å². The maximum Gasteiger partial charge on any atom is 0.231 e. The van der Waals surface area contributed by atoms with Crippen LogP contribution >= 0.6 is 0 Å². The smallest absolute Gasteiger partial charge is 0.231 e. The van der Waals surface area contributed by atoms with Crippen LogP contribution in [0.15, 0.2) is 41.3 Å². The third-order valence-corrected chi connectivity index (χ3v) is 3.69. The first kappa shape index (κ1) is 17.5. The van der Waals surface area contributed by atoms with Crippen LogP contribution in [-0.2, 0) is 16.6 Å². The summed E-state index contributed by atoms with van der Waals surface area (Å²) in [6.07, 6.45) is 5.06. The monoisotopic (exact) mass is 352 g/mol. The van der Waals surface area contributed by atoms with E-state index >= 15 is 0 Å². The molecule has 0 saturated heterocycles. The SMILES string of the molecule is CC(C)(C)c1cc(NC(=O)Cc2ccc(-c3cnc(N)nc3)cn2)no1. The van der Waals surface area contributed by atoms with Crippen LogP contribution in [0.2, 0.25) is 0 Å². The van der Waals surface area contributed by atoms with Crippen molar-refractivity contribution in [3.05, 3.63) is 48.2 Å². The number of pyridine rings is 1. The second kappa shape index (κ2) is 6.91. The van der Waals surface area contributed by atoms with E-state index in [2.05, 4.69) is 25.4 Å². The van der Waals surface area contributed by atoms with Gasteiger partial charge in [-0.25, -0.2) is 9.97 Å². The Bertz CT molecular complexity index is 895. The fourth-order valence-corrected chi connectivity index (χ4v) is 2.23. The summed E-state index contributed by atoms with van der Waals surface area (Å²) in [4.78, 5) is 24.4. The number of amides is 1. The first-order valence-corrected chi connectivity index (χ1v) is 8.11. The van der Waals surface area contributed by atoms with Crippen molar-refractivity contribution in [1.82, 2.24) is 20.1 Å². The largest absolute Gasteiger partial charge is 0.368 e. The number of hydrogen-bond donors (Lipinski definition) is 2. The minimum absolute atomic E-state index is 0.135. The quantitative estimate of drug-likeness (QED) is 0.740. The Morgan fingerprint density at radius 3 is 2.38 bits per heavy atom. The first-order valence-electron chi connectivity index (χ1n) is 8.11. The molecule has 3 aromatic heterocycles. The standard InChI is InChI=1S/C18H20N6O2/c1-18(2,3)14-7-15(24-26-14)23-16(25)6-13-5-4-11(8-20-13)12-9-21-17(19)22-10-12/h4-5,7-10H,6H2,1-3H3,(H2,19,21,22)(H,23,24,25). The third-order valence-electron chi connectivity index (χ3n) is 3.69. The molecule has 0 spiro atoms. The molecule has 3 N–H and O–H groups in total. The van der Waals surface area contributed by atoms with E-state index < -0.39 is 0 Å². The van der Waals surface area contributed by atoms with Crippen LogP contribution in [0.4, 0.5) is 11.8 Å². The molecular weight excluding hydrogens is 332 g/mol. The van der Waals surface area contributed by atoms with Crippen LogP contribution < -0.4 is 11.1 Å².